The van der Waals surface area contributed by atoms with Crippen LogP contribution in [0.2, 0.25) is 0 Å². The molecule has 0 unspecified atom stereocenters. The number of halogens is 1. The van der Waals surface area contributed by atoms with Crippen LogP contribution in [-0.4, -0.2) is 81.2 Å². The Labute approximate surface area is 236 Å². The van der Waals surface area contributed by atoms with Crippen molar-refractivity contribution in [1.82, 2.24) is 34.3 Å². The molecule has 208 valence electrons. The van der Waals surface area contributed by atoms with E-state index in [1.807, 2.05) is 25.4 Å². The highest BCUT2D eigenvalue weighted by molar-refractivity contribution is 7.91. The molecule has 5 aromatic rings. The zero-order chi connectivity index (χ0) is 28.6. The molecular weight excluding hydrogens is 545 g/mol. The molecule has 0 saturated carbocycles. The third-order valence-corrected chi connectivity index (χ3v) is 8.89. The van der Waals surface area contributed by atoms with Crippen LogP contribution in [0.4, 0.5) is 10.2 Å². The Bertz CT molecular complexity index is 1850. The number of nitriles is 1. The Kier molecular flexibility index (Phi) is 6.94. The summed E-state index contributed by atoms with van der Waals surface area (Å²) >= 11 is 0. The van der Waals surface area contributed by atoms with Gasteiger partial charge in [0.1, 0.15) is 28.8 Å². The number of benzene rings is 1. The van der Waals surface area contributed by atoms with Gasteiger partial charge in [-0.2, -0.15) is 15.5 Å². The number of rotatable bonds is 7. The lowest BCUT2D eigenvalue weighted by atomic mass is 10.1. The second-order valence-corrected chi connectivity index (χ2v) is 12.0. The van der Waals surface area contributed by atoms with Gasteiger partial charge in [0.25, 0.3) is 0 Å². The minimum atomic E-state index is -3.48. The van der Waals surface area contributed by atoms with Crippen molar-refractivity contribution in [1.29, 1.82) is 5.26 Å². The van der Waals surface area contributed by atoms with E-state index in [0.29, 0.717) is 55.2 Å². The Morgan fingerprint density at radius 3 is 2.39 bits per heavy atom. The van der Waals surface area contributed by atoms with E-state index in [-0.39, 0.29) is 10.6 Å². The van der Waals surface area contributed by atoms with Crippen molar-refractivity contribution >= 4 is 21.2 Å². The first kappa shape index (κ1) is 26.5. The minimum absolute atomic E-state index is 0.0234. The maximum Gasteiger partial charge on any atom is 0.179 e. The van der Waals surface area contributed by atoms with E-state index in [1.165, 1.54) is 18.3 Å². The first-order chi connectivity index (χ1) is 19.8. The number of hydrogen-bond acceptors (Lipinski definition) is 9. The van der Waals surface area contributed by atoms with E-state index in [2.05, 4.69) is 26.1 Å². The third kappa shape index (κ3) is 5.39. The normalized spacial score (nSPS) is 14.4. The predicted octanol–water partition coefficient (Wildman–Crippen LogP) is 2.80. The van der Waals surface area contributed by atoms with Crippen LogP contribution in [0, 0.1) is 17.1 Å². The van der Waals surface area contributed by atoms with Crippen molar-refractivity contribution < 1.29 is 12.8 Å². The maximum absolute atomic E-state index is 13.2. The lowest BCUT2D eigenvalue weighted by molar-refractivity contribution is 0.271. The van der Waals surface area contributed by atoms with Gasteiger partial charge in [-0.05, 0) is 36.4 Å². The van der Waals surface area contributed by atoms with Gasteiger partial charge in [-0.25, -0.2) is 27.3 Å². The number of anilines is 1. The average molecular weight is 572 g/mol. The van der Waals surface area contributed by atoms with Crippen molar-refractivity contribution in [2.24, 2.45) is 7.05 Å². The van der Waals surface area contributed by atoms with Gasteiger partial charge in [-0.15, -0.1) is 0 Å². The van der Waals surface area contributed by atoms with Gasteiger partial charge >= 0.3 is 0 Å². The summed E-state index contributed by atoms with van der Waals surface area (Å²) < 4.78 is 41.8. The Hall–Kier alpha value is -4.67. The van der Waals surface area contributed by atoms with Crippen LogP contribution >= 0.6 is 0 Å². The summed E-state index contributed by atoms with van der Waals surface area (Å²) in [6, 6.07) is 11.0. The second-order valence-electron chi connectivity index (χ2n) is 9.85. The molecule has 0 radical (unpaired) electrons. The molecule has 1 aromatic carbocycles. The molecule has 1 fully saturated rings. The number of nitrogens with zero attached hydrogens (tertiary/aromatic N) is 9. The molecule has 13 heteroatoms. The molecule has 0 spiro atoms. The van der Waals surface area contributed by atoms with Crippen LogP contribution in [0.5, 0.6) is 0 Å². The zero-order valence-electron chi connectivity index (χ0n) is 22.2. The molecule has 0 bridgehead atoms. The molecule has 0 amide bonds. The highest BCUT2D eigenvalue weighted by atomic mass is 32.2. The van der Waals surface area contributed by atoms with Gasteiger partial charge in [0.15, 0.2) is 9.84 Å². The minimum Gasteiger partial charge on any atom is -0.354 e. The van der Waals surface area contributed by atoms with E-state index in [9.17, 15) is 18.1 Å². The van der Waals surface area contributed by atoms with Gasteiger partial charge in [-0.3, -0.25) is 9.58 Å². The standard InChI is InChI=1S/C28H26FN9O2S/c1-35-18-22(17-32-35)25-19-38-28(21(14-30)16-33-38)27(34-25)20-2-7-26(31-15-20)37-10-8-36(9-11-37)12-13-41(39,40)24-5-3-23(29)4-6-24/h2-7,15-19H,8-13H2,1H3. The molecule has 0 aliphatic carbocycles. The molecule has 6 rings (SSSR count). The molecule has 11 nitrogen and oxygen atoms in total. The third-order valence-electron chi connectivity index (χ3n) is 7.18. The van der Waals surface area contributed by atoms with Crippen LogP contribution in [0.25, 0.3) is 28.0 Å². The monoisotopic (exact) mass is 571 g/mol. The number of aromatic nitrogens is 6. The van der Waals surface area contributed by atoms with E-state index < -0.39 is 15.7 Å². The van der Waals surface area contributed by atoms with Gasteiger partial charge in [-0.1, -0.05) is 0 Å². The molecule has 5 heterocycles. The second kappa shape index (κ2) is 10.7. The fourth-order valence-electron chi connectivity index (χ4n) is 4.91. The largest absolute Gasteiger partial charge is 0.354 e. The zero-order valence-corrected chi connectivity index (χ0v) is 23.0. The number of fused-ring (bicyclic) bond motifs is 1. The van der Waals surface area contributed by atoms with Crippen LogP contribution in [0.3, 0.4) is 0 Å². The predicted molar refractivity (Wildman–Crippen MR) is 150 cm³/mol. The Morgan fingerprint density at radius 2 is 1.73 bits per heavy atom. The summed E-state index contributed by atoms with van der Waals surface area (Å²) in [5.74, 6) is 0.323. The highest BCUT2D eigenvalue weighted by Gasteiger charge is 2.22. The lowest BCUT2D eigenvalue weighted by Crippen LogP contribution is -2.47. The summed E-state index contributed by atoms with van der Waals surface area (Å²) in [5.41, 5.74) is 3.90. The van der Waals surface area contributed by atoms with Gasteiger partial charge in [0.05, 0.1) is 40.6 Å². The number of piperazine rings is 1. The van der Waals surface area contributed by atoms with Crippen LogP contribution in [0.15, 0.2) is 72.3 Å². The van der Waals surface area contributed by atoms with Gasteiger partial charge in [0, 0.05) is 63.3 Å². The topological polar surface area (TPSA) is 125 Å². The molecular formula is C28H26FN9O2S. The fourth-order valence-corrected chi connectivity index (χ4v) is 6.20. The van der Waals surface area contributed by atoms with Crippen LogP contribution in [-0.2, 0) is 16.9 Å². The molecule has 41 heavy (non-hydrogen) atoms. The Balaban J connectivity index is 1.16. The molecule has 0 N–H and O–H groups in total. The van der Waals surface area contributed by atoms with Crippen LogP contribution in [0.1, 0.15) is 5.56 Å². The summed E-state index contributed by atoms with van der Waals surface area (Å²) in [6.45, 7) is 3.19. The quantitative estimate of drug-likeness (QED) is 0.271. The lowest BCUT2D eigenvalue weighted by Gasteiger charge is -2.35. The van der Waals surface area contributed by atoms with Crippen molar-refractivity contribution in [2.45, 2.75) is 4.90 Å². The SMILES string of the molecule is Cn1cc(-c2cn3ncc(C#N)c3c(-c3ccc(N4CCN(CCS(=O)(=O)c5ccc(F)cc5)CC4)nc3)n2)cn1. The summed E-state index contributed by atoms with van der Waals surface area (Å²) in [4.78, 5) is 14.0. The maximum atomic E-state index is 13.2. The average Bonchev–Trinajstić information content (AvgIpc) is 3.62. The first-order valence-corrected chi connectivity index (χ1v) is 14.7. The van der Waals surface area contributed by atoms with Crippen molar-refractivity contribution in [3.8, 4) is 28.6 Å². The molecule has 0 atom stereocenters. The summed E-state index contributed by atoms with van der Waals surface area (Å²) in [6.07, 6.45) is 8.65. The number of pyridine rings is 1. The van der Waals surface area contributed by atoms with Crippen molar-refractivity contribution in [2.75, 3.05) is 43.4 Å². The number of sulfone groups is 1. The number of hydrogen-bond donors (Lipinski definition) is 0. The Morgan fingerprint density at radius 1 is 0.951 bits per heavy atom. The van der Waals surface area contributed by atoms with E-state index in [0.717, 1.165) is 29.1 Å². The van der Waals surface area contributed by atoms with E-state index >= 15 is 0 Å². The summed E-state index contributed by atoms with van der Waals surface area (Å²) in [5, 5.41) is 18.2. The van der Waals surface area contributed by atoms with Gasteiger partial charge < -0.3 is 4.90 Å². The van der Waals surface area contributed by atoms with E-state index in [1.54, 1.807) is 27.8 Å². The molecule has 4 aromatic heterocycles. The first-order valence-electron chi connectivity index (χ1n) is 13.0. The fraction of sp³-hybridized carbons (Fsp3) is 0.250. The van der Waals surface area contributed by atoms with Crippen molar-refractivity contribution in [3.63, 3.8) is 0 Å². The number of aryl methyl sites for hydroxylation is 1. The molecule has 1 aliphatic heterocycles. The highest BCUT2D eigenvalue weighted by Crippen LogP contribution is 2.29. The smallest absolute Gasteiger partial charge is 0.179 e. The van der Waals surface area contributed by atoms with Crippen LogP contribution < -0.4 is 4.90 Å². The molecule has 1 aliphatic rings. The molecule has 1 saturated heterocycles. The van der Waals surface area contributed by atoms with Gasteiger partial charge in [0.2, 0.25) is 0 Å². The summed E-state index contributed by atoms with van der Waals surface area (Å²) in [7, 11) is -1.64. The van der Waals surface area contributed by atoms with E-state index in [4.69, 9.17) is 9.97 Å². The van der Waals surface area contributed by atoms with Crippen molar-refractivity contribution in [3.05, 3.63) is 78.8 Å².